The van der Waals surface area contributed by atoms with Gasteiger partial charge in [0.1, 0.15) is 11.1 Å². The number of nitrogens with zero attached hydrogens (tertiary/aromatic N) is 1. The lowest BCUT2D eigenvalue weighted by molar-refractivity contribution is -0.132. The topological polar surface area (TPSA) is 116 Å². The SMILES string of the molecule is CC(C)(C)OC(=O)N1CCC(N[C@@H](Cc2c[nH]c3ccccc23)C(=O)NCC(c2ccccc2)c2ccccc2)(C(=O)NC2CCCCC2)CC1. The van der Waals surface area contributed by atoms with Crippen molar-refractivity contribution in [3.63, 3.8) is 0 Å². The summed E-state index contributed by atoms with van der Waals surface area (Å²) in [6, 6.07) is 27.9. The fourth-order valence-corrected chi connectivity index (χ4v) is 7.59. The Bertz CT molecular complexity index is 1710. The van der Waals surface area contributed by atoms with E-state index in [2.05, 4.69) is 51.3 Å². The van der Waals surface area contributed by atoms with Crippen molar-refractivity contribution >= 4 is 28.8 Å². The minimum atomic E-state index is -1.05. The number of rotatable bonds is 11. The van der Waals surface area contributed by atoms with E-state index in [1.54, 1.807) is 4.90 Å². The van der Waals surface area contributed by atoms with Crippen LogP contribution >= 0.6 is 0 Å². The largest absolute Gasteiger partial charge is 0.444 e. The second kappa shape index (κ2) is 16.1. The van der Waals surface area contributed by atoms with Crippen LogP contribution < -0.4 is 16.0 Å². The van der Waals surface area contributed by atoms with Crippen LogP contribution in [0.15, 0.2) is 91.1 Å². The molecule has 2 heterocycles. The lowest BCUT2D eigenvalue weighted by Crippen LogP contribution is -2.67. The van der Waals surface area contributed by atoms with Crippen LogP contribution in [-0.2, 0) is 20.7 Å². The summed E-state index contributed by atoms with van der Waals surface area (Å²) in [5.74, 6) is -0.316. The number of ether oxygens (including phenoxy) is 1. The van der Waals surface area contributed by atoms with E-state index in [-0.39, 0.29) is 29.9 Å². The molecule has 3 aromatic carbocycles. The number of benzene rings is 3. The van der Waals surface area contributed by atoms with E-state index < -0.39 is 17.2 Å². The van der Waals surface area contributed by atoms with Gasteiger partial charge in [-0.1, -0.05) is 98.1 Å². The van der Waals surface area contributed by atoms with Gasteiger partial charge in [0.2, 0.25) is 11.8 Å². The first-order chi connectivity index (χ1) is 24.6. The summed E-state index contributed by atoms with van der Waals surface area (Å²) in [6.07, 6.45) is 7.94. The van der Waals surface area contributed by atoms with Gasteiger partial charge in [-0.2, -0.15) is 0 Å². The minimum Gasteiger partial charge on any atom is -0.444 e. The number of hydrogen-bond acceptors (Lipinski definition) is 5. The lowest BCUT2D eigenvalue weighted by Gasteiger charge is -2.44. The van der Waals surface area contributed by atoms with Gasteiger partial charge in [-0.05, 0) is 75.6 Å². The van der Waals surface area contributed by atoms with E-state index in [1.165, 1.54) is 6.42 Å². The molecule has 2 aliphatic rings. The predicted molar refractivity (Wildman–Crippen MR) is 201 cm³/mol. The first-order valence-corrected chi connectivity index (χ1v) is 18.6. The number of amides is 3. The summed E-state index contributed by atoms with van der Waals surface area (Å²) in [4.78, 5) is 47.1. The molecule has 1 atom stereocenters. The molecule has 4 aromatic rings. The van der Waals surface area contributed by atoms with Gasteiger partial charge in [0, 0.05) is 48.7 Å². The van der Waals surface area contributed by atoms with E-state index in [9.17, 15) is 14.4 Å². The molecule has 3 amide bonds. The van der Waals surface area contributed by atoms with Gasteiger partial charge in [0.15, 0.2) is 0 Å². The molecule has 51 heavy (non-hydrogen) atoms. The van der Waals surface area contributed by atoms with Crippen LogP contribution in [0.1, 0.15) is 88.3 Å². The van der Waals surface area contributed by atoms with Crippen molar-refractivity contribution in [2.24, 2.45) is 0 Å². The van der Waals surface area contributed by atoms with Crippen LogP contribution in [0.5, 0.6) is 0 Å². The maximum absolute atomic E-state index is 14.5. The van der Waals surface area contributed by atoms with Gasteiger partial charge in [0.25, 0.3) is 0 Å². The Kier molecular flexibility index (Phi) is 11.5. The summed E-state index contributed by atoms with van der Waals surface area (Å²) in [7, 11) is 0. The molecule has 1 aliphatic heterocycles. The molecule has 9 heteroatoms. The highest BCUT2D eigenvalue weighted by molar-refractivity contribution is 5.90. The highest BCUT2D eigenvalue weighted by Gasteiger charge is 2.46. The first-order valence-electron chi connectivity index (χ1n) is 18.6. The average molecular weight is 692 g/mol. The summed E-state index contributed by atoms with van der Waals surface area (Å²) in [6.45, 7) is 6.63. The molecule has 9 nitrogen and oxygen atoms in total. The number of fused-ring (bicyclic) bond motifs is 1. The standard InChI is InChI=1S/C42H53N5O4/c1-41(2,3)51-40(50)47-25-23-42(24-26-47,39(49)45-33-19-11-6-12-20-33)46-37(27-32-28-43-36-22-14-13-21-34(32)36)38(48)44-29-35(30-15-7-4-8-16-30)31-17-9-5-10-18-31/h4-5,7-10,13-18,21-22,28,33,35,37,43,46H,6,11-12,19-20,23-27,29H2,1-3H3,(H,44,48)(H,45,49)/t37-/m0/s1. The number of aromatic nitrogens is 1. The molecule has 1 aromatic heterocycles. The van der Waals surface area contributed by atoms with Crippen molar-refractivity contribution in [2.75, 3.05) is 19.6 Å². The molecule has 270 valence electrons. The second-order valence-corrected chi connectivity index (χ2v) is 15.2. The molecule has 6 rings (SSSR count). The molecule has 1 saturated heterocycles. The first kappa shape index (κ1) is 36.2. The molecule has 2 fully saturated rings. The third-order valence-electron chi connectivity index (χ3n) is 10.4. The van der Waals surface area contributed by atoms with E-state index >= 15 is 0 Å². The highest BCUT2D eigenvalue weighted by Crippen LogP contribution is 2.29. The van der Waals surface area contributed by atoms with Gasteiger partial charge in [0.05, 0.1) is 6.04 Å². The van der Waals surface area contributed by atoms with Gasteiger partial charge in [-0.25, -0.2) is 4.79 Å². The van der Waals surface area contributed by atoms with E-state index in [4.69, 9.17) is 4.74 Å². The lowest BCUT2D eigenvalue weighted by atomic mass is 9.84. The van der Waals surface area contributed by atoms with Crippen molar-refractivity contribution in [1.82, 2.24) is 25.8 Å². The quantitative estimate of drug-likeness (QED) is 0.138. The van der Waals surface area contributed by atoms with Crippen LogP contribution in [-0.4, -0.2) is 70.6 Å². The fourth-order valence-electron chi connectivity index (χ4n) is 7.59. The summed E-state index contributed by atoms with van der Waals surface area (Å²) >= 11 is 0. The summed E-state index contributed by atoms with van der Waals surface area (Å²) < 4.78 is 5.68. The molecule has 0 unspecified atom stereocenters. The minimum absolute atomic E-state index is 0.0503. The molecule has 0 spiro atoms. The zero-order valence-electron chi connectivity index (χ0n) is 30.3. The maximum Gasteiger partial charge on any atom is 0.410 e. The molecular weight excluding hydrogens is 638 g/mol. The van der Waals surface area contributed by atoms with Crippen LogP contribution in [0.3, 0.4) is 0 Å². The molecule has 4 N–H and O–H groups in total. The number of carbonyl (C=O) groups is 3. The predicted octanol–water partition coefficient (Wildman–Crippen LogP) is 6.84. The smallest absolute Gasteiger partial charge is 0.410 e. The number of carbonyl (C=O) groups excluding carboxylic acids is 3. The van der Waals surface area contributed by atoms with Gasteiger partial charge in [-0.3, -0.25) is 14.9 Å². The van der Waals surface area contributed by atoms with Crippen LogP contribution in [0.2, 0.25) is 0 Å². The van der Waals surface area contributed by atoms with E-state index in [0.29, 0.717) is 38.9 Å². The molecule has 0 radical (unpaired) electrons. The van der Waals surface area contributed by atoms with Crippen molar-refractivity contribution in [2.45, 2.75) is 101 Å². The van der Waals surface area contributed by atoms with E-state index in [1.807, 2.05) is 81.6 Å². The molecule has 1 aliphatic carbocycles. The van der Waals surface area contributed by atoms with Crippen molar-refractivity contribution in [1.29, 1.82) is 0 Å². The zero-order chi connectivity index (χ0) is 35.8. The second-order valence-electron chi connectivity index (χ2n) is 15.2. The molecular formula is C42H53N5O4. The van der Waals surface area contributed by atoms with Crippen molar-refractivity contribution in [3.8, 4) is 0 Å². The Labute approximate surface area is 301 Å². The number of H-pyrrole nitrogens is 1. The average Bonchev–Trinajstić information content (AvgIpc) is 3.55. The zero-order valence-corrected chi connectivity index (χ0v) is 30.3. The third kappa shape index (κ3) is 9.19. The van der Waals surface area contributed by atoms with Crippen LogP contribution in [0.4, 0.5) is 4.79 Å². The van der Waals surface area contributed by atoms with E-state index in [0.717, 1.165) is 53.3 Å². The van der Waals surface area contributed by atoms with Gasteiger partial charge < -0.3 is 25.3 Å². The van der Waals surface area contributed by atoms with Gasteiger partial charge in [-0.15, -0.1) is 0 Å². The number of para-hydroxylation sites is 1. The maximum atomic E-state index is 14.5. The Morgan fingerprint density at radius 2 is 1.47 bits per heavy atom. The highest BCUT2D eigenvalue weighted by atomic mass is 16.6. The van der Waals surface area contributed by atoms with Gasteiger partial charge >= 0.3 is 6.09 Å². The van der Waals surface area contributed by atoms with Crippen molar-refractivity contribution in [3.05, 3.63) is 108 Å². The Morgan fingerprint density at radius 3 is 2.10 bits per heavy atom. The Morgan fingerprint density at radius 1 is 0.863 bits per heavy atom. The summed E-state index contributed by atoms with van der Waals surface area (Å²) in [5, 5.41) is 11.4. The van der Waals surface area contributed by atoms with Crippen LogP contribution in [0, 0.1) is 0 Å². The van der Waals surface area contributed by atoms with Crippen molar-refractivity contribution < 1.29 is 19.1 Å². The fraction of sp³-hybridized carbons (Fsp3) is 0.452. The normalized spacial score (nSPS) is 17.2. The monoisotopic (exact) mass is 691 g/mol. The third-order valence-corrected chi connectivity index (χ3v) is 10.4. The Hall–Kier alpha value is -4.63. The number of aromatic amines is 1. The Balaban J connectivity index is 1.29. The molecule has 0 bridgehead atoms. The molecule has 1 saturated carbocycles. The number of piperidine rings is 1. The summed E-state index contributed by atoms with van der Waals surface area (Å²) in [5.41, 5.74) is 2.54. The number of hydrogen-bond donors (Lipinski definition) is 4. The number of nitrogens with one attached hydrogen (secondary N) is 4. The van der Waals surface area contributed by atoms with Crippen LogP contribution in [0.25, 0.3) is 10.9 Å². The number of likely N-dealkylation sites (tertiary alicyclic amines) is 1.